The molecule has 4 aromatic rings. The molecule has 27 heavy (non-hydrogen) atoms. The minimum atomic E-state index is 0.692. The summed E-state index contributed by atoms with van der Waals surface area (Å²) in [5.74, 6) is 0.692. The van der Waals surface area contributed by atoms with Crippen LogP contribution in [0, 0.1) is 0 Å². The number of nitrogens with one attached hydrogen (secondary N) is 1. The van der Waals surface area contributed by atoms with E-state index in [2.05, 4.69) is 65.0 Å². The van der Waals surface area contributed by atoms with E-state index in [9.17, 15) is 0 Å². The van der Waals surface area contributed by atoms with Gasteiger partial charge in [-0.3, -0.25) is 0 Å². The Bertz CT molecular complexity index is 1040. The van der Waals surface area contributed by atoms with E-state index in [-0.39, 0.29) is 0 Å². The molecule has 0 spiro atoms. The van der Waals surface area contributed by atoms with Crippen LogP contribution in [-0.4, -0.2) is 22.9 Å². The Balaban J connectivity index is 1.52. The van der Waals surface area contributed by atoms with Crippen molar-refractivity contribution in [1.29, 1.82) is 0 Å². The molecule has 0 unspecified atom stereocenters. The van der Waals surface area contributed by atoms with Crippen LogP contribution in [0.4, 0.5) is 0 Å². The lowest BCUT2D eigenvalue weighted by Crippen LogP contribution is -2.26. The Hall–Kier alpha value is -2.91. The van der Waals surface area contributed by atoms with Crippen LogP contribution in [0.3, 0.4) is 0 Å². The maximum Gasteiger partial charge on any atom is 0.0747 e. The number of nitrogens with zero attached hydrogens (tertiary/aromatic N) is 2. The highest BCUT2D eigenvalue weighted by Crippen LogP contribution is 2.32. The van der Waals surface area contributed by atoms with Crippen molar-refractivity contribution in [1.82, 2.24) is 15.1 Å². The topological polar surface area (TPSA) is 29.9 Å². The van der Waals surface area contributed by atoms with E-state index in [1.165, 1.54) is 34.9 Å². The zero-order valence-corrected chi connectivity index (χ0v) is 15.3. The fraction of sp³-hybridized carbons (Fsp3) is 0.208. The third-order valence-electron chi connectivity index (χ3n) is 5.65. The Morgan fingerprint density at radius 1 is 0.815 bits per heavy atom. The van der Waals surface area contributed by atoms with E-state index in [4.69, 9.17) is 0 Å². The van der Waals surface area contributed by atoms with E-state index < -0.39 is 0 Å². The molecule has 134 valence electrons. The van der Waals surface area contributed by atoms with Crippen molar-refractivity contribution in [3.63, 3.8) is 0 Å². The van der Waals surface area contributed by atoms with E-state index in [0.29, 0.717) is 5.92 Å². The molecule has 5 rings (SSSR count). The van der Waals surface area contributed by atoms with Gasteiger partial charge in [0.05, 0.1) is 17.4 Å². The van der Waals surface area contributed by atoms with Gasteiger partial charge in [-0.05, 0) is 66.7 Å². The molecule has 1 aromatic heterocycles. The van der Waals surface area contributed by atoms with Crippen molar-refractivity contribution in [2.24, 2.45) is 0 Å². The highest BCUT2D eigenvalue weighted by Gasteiger charge is 2.15. The molecule has 0 atom stereocenters. The lowest BCUT2D eigenvalue weighted by Gasteiger charge is -2.23. The lowest BCUT2D eigenvalue weighted by molar-refractivity contribution is 0.460. The van der Waals surface area contributed by atoms with Crippen molar-refractivity contribution in [3.8, 4) is 16.8 Å². The van der Waals surface area contributed by atoms with Crippen LogP contribution in [0.5, 0.6) is 0 Å². The summed E-state index contributed by atoms with van der Waals surface area (Å²) < 4.78 is 2.02. The maximum atomic E-state index is 4.65. The zero-order valence-electron chi connectivity index (χ0n) is 15.3. The van der Waals surface area contributed by atoms with Crippen molar-refractivity contribution in [3.05, 3.63) is 84.6 Å². The number of aromatic nitrogens is 2. The molecule has 0 aliphatic carbocycles. The Labute approximate surface area is 159 Å². The third-order valence-corrected chi connectivity index (χ3v) is 5.65. The second kappa shape index (κ2) is 7.01. The van der Waals surface area contributed by atoms with Crippen molar-refractivity contribution >= 4 is 10.9 Å². The standard InChI is InChI=1S/C24H23N3/c1-2-5-21(6-3-1)27-24-8-4-7-22(23(24)17-26-27)20-11-9-18(10-12-20)19-13-15-25-16-14-19/h1-12,17,19,25H,13-16H2. The van der Waals surface area contributed by atoms with Gasteiger partial charge in [-0.15, -0.1) is 0 Å². The molecule has 1 aliphatic heterocycles. The van der Waals surface area contributed by atoms with Crippen molar-refractivity contribution in [2.75, 3.05) is 13.1 Å². The SMILES string of the molecule is c1ccc(-n2ncc3c(-c4ccc(C5CCNCC5)cc4)cccc32)cc1. The summed E-state index contributed by atoms with van der Waals surface area (Å²) in [6.45, 7) is 2.26. The fourth-order valence-electron chi connectivity index (χ4n) is 4.17. The monoisotopic (exact) mass is 353 g/mol. The first kappa shape index (κ1) is 16.3. The number of para-hydroxylation sites is 1. The molecule has 1 N–H and O–H groups in total. The third kappa shape index (κ3) is 3.04. The Kier molecular flexibility index (Phi) is 4.23. The number of hydrogen-bond acceptors (Lipinski definition) is 2. The van der Waals surface area contributed by atoms with Crippen LogP contribution in [0.25, 0.3) is 27.7 Å². The molecule has 3 heteroatoms. The molecule has 3 aromatic carbocycles. The first-order valence-corrected chi connectivity index (χ1v) is 9.73. The molecule has 0 bridgehead atoms. The van der Waals surface area contributed by atoms with Gasteiger partial charge in [-0.2, -0.15) is 5.10 Å². The van der Waals surface area contributed by atoms with Crippen LogP contribution in [0.1, 0.15) is 24.3 Å². The zero-order chi connectivity index (χ0) is 18.1. The van der Waals surface area contributed by atoms with Gasteiger partial charge in [0.15, 0.2) is 0 Å². The first-order valence-electron chi connectivity index (χ1n) is 9.73. The van der Waals surface area contributed by atoms with Gasteiger partial charge in [0, 0.05) is 5.39 Å². The Morgan fingerprint density at radius 3 is 2.37 bits per heavy atom. The summed E-state index contributed by atoms with van der Waals surface area (Å²) in [7, 11) is 0. The summed E-state index contributed by atoms with van der Waals surface area (Å²) in [6.07, 6.45) is 4.45. The predicted octanol–water partition coefficient (Wildman–Crippen LogP) is 5.16. The quantitative estimate of drug-likeness (QED) is 0.551. The van der Waals surface area contributed by atoms with Crippen LogP contribution >= 0.6 is 0 Å². The second-order valence-electron chi connectivity index (χ2n) is 7.28. The van der Waals surface area contributed by atoms with Gasteiger partial charge in [0.25, 0.3) is 0 Å². The lowest BCUT2D eigenvalue weighted by atomic mass is 9.89. The molecule has 2 heterocycles. The van der Waals surface area contributed by atoms with E-state index in [0.717, 1.165) is 24.3 Å². The smallest absolute Gasteiger partial charge is 0.0747 e. The summed E-state index contributed by atoms with van der Waals surface area (Å²) >= 11 is 0. The summed E-state index contributed by atoms with van der Waals surface area (Å²) in [6, 6.07) is 25.9. The average Bonchev–Trinajstić information content (AvgIpc) is 3.19. The Morgan fingerprint density at radius 2 is 1.59 bits per heavy atom. The summed E-state index contributed by atoms with van der Waals surface area (Å²) in [5, 5.41) is 9.29. The molecule has 1 saturated heterocycles. The number of hydrogen-bond donors (Lipinski definition) is 1. The van der Waals surface area contributed by atoms with Gasteiger partial charge >= 0.3 is 0 Å². The first-order chi connectivity index (χ1) is 13.4. The molecule has 3 nitrogen and oxygen atoms in total. The van der Waals surface area contributed by atoms with E-state index >= 15 is 0 Å². The van der Waals surface area contributed by atoms with Crippen molar-refractivity contribution < 1.29 is 0 Å². The van der Waals surface area contributed by atoms with Gasteiger partial charge < -0.3 is 5.32 Å². The second-order valence-corrected chi connectivity index (χ2v) is 7.28. The molecular weight excluding hydrogens is 330 g/mol. The van der Waals surface area contributed by atoms with Crippen LogP contribution < -0.4 is 5.32 Å². The normalized spacial score (nSPS) is 15.3. The van der Waals surface area contributed by atoms with E-state index in [1.54, 1.807) is 0 Å². The molecule has 0 saturated carbocycles. The average molecular weight is 353 g/mol. The van der Waals surface area contributed by atoms with Crippen LogP contribution in [0.2, 0.25) is 0 Å². The highest BCUT2D eigenvalue weighted by atomic mass is 15.3. The number of fused-ring (bicyclic) bond motifs is 1. The van der Waals surface area contributed by atoms with Crippen LogP contribution in [0.15, 0.2) is 79.0 Å². The predicted molar refractivity (Wildman–Crippen MR) is 111 cm³/mol. The maximum absolute atomic E-state index is 4.65. The number of piperidine rings is 1. The summed E-state index contributed by atoms with van der Waals surface area (Å²) in [5.41, 5.74) is 6.19. The molecular formula is C24H23N3. The van der Waals surface area contributed by atoms with Gasteiger partial charge in [-0.1, -0.05) is 54.6 Å². The molecule has 1 fully saturated rings. The fourth-order valence-corrected chi connectivity index (χ4v) is 4.17. The highest BCUT2D eigenvalue weighted by molar-refractivity contribution is 5.95. The number of benzene rings is 3. The number of rotatable bonds is 3. The molecule has 1 aliphatic rings. The van der Waals surface area contributed by atoms with Crippen molar-refractivity contribution in [2.45, 2.75) is 18.8 Å². The van der Waals surface area contributed by atoms with Gasteiger partial charge in [-0.25, -0.2) is 4.68 Å². The van der Waals surface area contributed by atoms with Crippen LogP contribution in [-0.2, 0) is 0 Å². The minimum absolute atomic E-state index is 0.692. The van der Waals surface area contributed by atoms with Gasteiger partial charge in [0.1, 0.15) is 0 Å². The minimum Gasteiger partial charge on any atom is -0.317 e. The largest absolute Gasteiger partial charge is 0.317 e. The molecule has 0 amide bonds. The van der Waals surface area contributed by atoms with Gasteiger partial charge in [0.2, 0.25) is 0 Å². The van der Waals surface area contributed by atoms with E-state index in [1.807, 2.05) is 29.1 Å². The molecule has 0 radical (unpaired) electrons. The summed E-state index contributed by atoms with van der Waals surface area (Å²) in [4.78, 5) is 0.